The molecule has 118 valence electrons. The topological polar surface area (TPSA) is 102 Å². The van der Waals surface area contributed by atoms with Crippen molar-refractivity contribution in [2.75, 3.05) is 31.0 Å². The van der Waals surface area contributed by atoms with Crippen molar-refractivity contribution in [1.29, 1.82) is 0 Å². The highest BCUT2D eigenvalue weighted by molar-refractivity contribution is 7.99. The van der Waals surface area contributed by atoms with Gasteiger partial charge < -0.3 is 15.8 Å². The fraction of sp³-hybridized carbons (Fsp3) is 0.692. The van der Waals surface area contributed by atoms with Crippen LogP contribution in [-0.2, 0) is 11.3 Å². The van der Waals surface area contributed by atoms with E-state index in [2.05, 4.69) is 16.6 Å². The summed E-state index contributed by atoms with van der Waals surface area (Å²) in [6.45, 7) is 0.662. The molecule has 2 atom stereocenters. The fourth-order valence-corrected chi connectivity index (χ4v) is 3.63. The quantitative estimate of drug-likeness (QED) is 0.705. The van der Waals surface area contributed by atoms with E-state index in [1.165, 1.54) is 4.57 Å². The van der Waals surface area contributed by atoms with Crippen LogP contribution >= 0.6 is 11.8 Å². The Kier molecular flexibility index (Phi) is 5.35. The molecular formula is C13H22N4O3S. The molecule has 0 aliphatic heterocycles. The van der Waals surface area contributed by atoms with Crippen molar-refractivity contribution >= 4 is 23.3 Å². The molecule has 0 bridgehead atoms. The Bertz CT molecular complexity index is 598. The summed E-state index contributed by atoms with van der Waals surface area (Å²) in [7, 11) is 1.55. The summed E-state index contributed by atoms with van der Waals surface area (Å²) in [5.41, 5.74) is 5.33. The number of hydrogen-bond donors (Lipinski definition) is 3. The molecule has 21 heavy (non-hydrogen) atoms. The molecular weight excluding hydrogens is 292 g/mol. The molecule has 1 aliphatic rings. The molecule has 2 unspecified atom stereocenters. The van der Waals surface area contributed by atoms with Gasteiger partial charge >= 0.3 is 5.69 Å². The van der Waals surface area contributed by atoms with Gasteiger partial charge in [0.15, 0.2) is 0 Å². The normalized spacial score (nSPS) is 21.6. The van der Waals surface area contributed by atoms with E-state index in [9.17, 15) is 9.59 Å². The predicted molar refractivity (Wildman–Crippen MR) is 86.2 cm³/mol. The van der Waals surface area contributed by atoms with E-state index in [1.54, 1.807) is 18.9 Å². The van der Waals surface area contributed by atoms with Gasteiger partial charge in [0.2, 0.25) is 0 Å². The first-order valence-electron chi connectivity index (χ1n) is 6.99. The van der Waals surface area contributed by atoms with Crippen molar-refractivity contribution in [3.63, 3.8) is 0 Å². The number of methoxy groups -OCH3 is 1. The SMILES string of the molecule is COCCn1c(N)c(NC2CCCC2SC)c(=O)[nH]c1=O. The van der Waals surface area contributed by atoms with Gasteiger partial charge in [0, 0.05) is 18.4 Å². The van der Waals surface area contributed by atoms with Crippen LogP contribution in [0.2, 0.25) is 0 Å². The van der Waals surface area contributed by atoms with Crippen molar-refractivity contribution in [3.8, 4) is 0 Å². The van der Waals surface area contributed by atoms with Crippen LogP contribution in [-0.4, -0.2) is 40.8 Å². The average Bonchev–Trinajstić information content (AvgIpc) is 2.90. The molecule has 0 amide bonds. The minimum atomic E-state index is -0.507. The molecule has 1 aliphatic carbocycles. The van der Waals surface area contributed by atoms with Gasteiger partial charge in [-0.05, 0) is 19.1 Å². The Morgan fingerprint density at radius 2 is 2.24 bits per heavy atom. The Balaban J connectivity index is 2.30. The lowest BCUT2D eigenvalue weighted by molar-refractivity contribution is 0.186. The second kappa shape index (κ2) is 7.04. The zero-order chi connectivity index (χ0) is 15.4. The predicted octanol–water partition coefficient (Wildman–Crippen LogP) is 0.461. The van der Waals surface area contributed by atoms with Crippen LogP contribution in [0.15, 0.2) is 9.59 Å². The Morgan fingerprint density at radius 1 is 1.48 bits per heavy atom. The fourth-order valence-electron chi connectivity index (χ4n) is 2.69. The first kappa shape index (κ1) is 16.0. The van der Waals surface area contributed by atoms with Crippen molar-refractivity contribution in [3.05, 3.63) is 20.8 Å². The molecule has 1 fully saturated rings. The van der Waals surface area contributed by atoms with E-state index < -0.39 is 11.2 Å². The zero-order valence-electron chi connectivity index (χ0n) is 12.3. The van der Waals surface area contributed by atoms with Gasteiger partial charge in [-0.25, -0.2) is 4.79 Å². The number of aromatic amines is 1. The summed E-state index contributed by atoms with van der Waals surface area (Å²) in [5, 5.41) is 3.69. The second-order valence-electron chi connectivity index (χ2n) is 5.12. The number of aromatic nitrogens is 2. The summed E-state index contributed by atoms with van der Waals surface area (Å²) >= 11 is 1.79. The summed E-state index contributed by atoms with van der Waals surface area (Å²) in [6.07, 6.45) is 5.32. The van der Waals surface area contributed by atoms with Crippen LogP contribution < -0.4 is 22.3 Å². The van der Waals surface area contributed by atoms with Crippen LogP contribution in [0.3, 0.4) is 0 Å². The highest BCUT2D eigenvalue weighted by Crippen LogP contribution is 2.30. The molecule has 0 aromatic carbocycles. The Hall–Kier alpha value is -1.41. The van der Waals surface area contributed by atoms with Crippen molar-refractivity contribution in [2.45, 2.75) is 37.1 Å². The minimum absolute atomic E-state index is 0.174. The summed E-state index contributed by atoms with van der Waals surface area (Å²) in [5.74, 6) is 0.174. The van der Waals surface area contributed by atoms with E-state index in [1.807, 2.05) is 0 Å². The lowest BCUT2D eigenvalue weighted by atomic mass is 10.2. The summed E-state index contributed by atoms with van der Waals surface area (Å²) < 4.78 is 6.29. The van der Waals surface area contributed by atoms with Gasteiger partial charge in [0.25, 0.3) is 5.56 Å². The lowest BCUT2D eigenvalue weighted by Crippen LogP contribution is -2.37. The first-order chi connectivity index (χ1) is 10.1. The molecule has 1 aromatic heterocycles. The average molecular weight is 314 g/mol. The van der Waals surface area contributed by atoms with Crippen LogP contribution in [0, 0.1) is 0 Å². The standard InChI is InChI=1S/C13H22N4O3S/c1-20-7-6-17-11(14)10(12(18)16-13(17)19)15-8-4-3-5-9(8)21-2/h8-9,15H,3-7,14H2,1-2H3,(H,16,18,19). The smallest absolute Gasteiger partial charge is 0.330 e. The zero-order valence-corrected chi connectivity index (χ0v) is 13.2. The molecule has 1 aromatic rings. The number of rotatable bonds is 6. The van der Waals surface area contributed by atoms with Crippen molar-refractivity contribution in [1.82, 2.24) is 9.55 Å². The molecule has 7 nitrogen and oxygen atoms in total. The second-order valence-corrected chi connectivity index (χ2v) is 6.20. The molecule has 4 N–H and O–H groups in total. The van der Waals surface area contributed by atoms with E-state index in [-0.39, 0.29) is 17.5 Å². The third kappa shape index (κ3) is 3.44. The monoisotopic (exact) mass is 314 g/mol. The summed E-state index contributed by atoms with van der Waals surface area (Å²) in [6, 6.07) is 0.205. The number of H-pyrrole nitrogens is 1. The van der Waals surface area contributed by atoms with Gasteiger partial charge in [0.1, 0.15) is 11.5 Å². The number of nitrogens with one attached hydrogen (secondary N) is 2. The largest absolute Gasteiger partial charge is 0.383 e. The van der Waals surface area contributed by atoms with Crippen molar-refractivity contribution in [2.24, 2.45) is 0 Å². The van der Waals surface area contributed by atoms with Crippen LogP contribution in [0.25, 0.3) is 0 Å². The summed E-state index contributed by atoms with van der Waals surface area (Å²) in [4.78, 5) is 26.1. The molecule has 0 saturated heterocycles. The van der Waals surface area contributed by atoms with Crippen LogP contribution in [0.5, 0.6) is 0 Å². The lowest BCUT2D eigenvalue weighted by Gasteiger charge is -2.21. The van der Waals surface area contributed by atoms with Gasteiger partial charge in [-0.1, -0.05) is 6.42 Å². The number of nitrogens with zero attached hydrogens (tertiary/aromatic N) is 1. The third-order valence-corrected chi connectivity index (χ3v) is 5.01. The molecule has 2 rings (SSSR count). The molecule has 1 heterocycles. The van der Waals surface area contributed by atoms with E-state index in [4.69, 9.17) is 10.5 Å². The third-order valence-electron chi connectivity index (χ3n) is 3.84. The molecule has 0 spiro atoms. The van der Waals surface area contributed by atoms with Gasteiger partial charge in [-0.3, -0.25) is 14.3 Å². The van der Waals surface area contributed by atoms with E-state index in [0.717, 1.165) is 19.3 Å². The van der Waals surface area contributed by atoms with E-state index in [0.29, 0.717) is 18.4 Å². The molecule has 0 radical (unpaired) electrons. The molecule has 1 saturated carbocycles. The number of hydrogen-bond acceptors (Lipinski definition) is 6. The van der Waals surface area contributed by atoms with E-state index >= 15 is 0 Å². The number of anilines is 2. The van der Waals surface area contributed by atoms with Crippen LogP contribution in [0.1, 0.15) is 19.3 Å². The highest BCUT2D eigenvalue weighted by Gasteiger charge is 2.28. The maximum Gasteiger partial charge on any atom is 0.330 e. The maximum absolute atomic E-state index is 12.0. The number of ether oxygens (including phenoxy) is 1. The van der Waals surface area contributed by atoms with Crippen LogP contribution in [0.4, 0.5) is 11.5 Å². The number of thioether (sulfide) groups is 1. The van der Waals surface area contributed by atoms with Gasteiger partial charge in [0.05, 0.1) is 13.2 Å². The first-order valence-corrected chi connectivity index (χ1v) is 8.28. The maximum atomic E-state index is 12.0. The van der Waals surface area contributed by atoms with Gasteiger partial charge in [-0.15, -0.1) is 0 Å². The highest BCUT2D eigenvalue weighted by atomic mass is 32.2. The number of nitrogen functional groups attached to an aromatic ring is 1. The van der Waals surface area contributed by atoms with Gasteiger partial charge in [-0.2, -0.15) is 11.8 Å². The number of nitrogens with two attached hydrogens (primary N) is 1. The minimum Gasteiger partial charge on any atom is -0.383 e. The molecule has 8 heteroatoms. The van der Waals surface area contributed by atoms with Crippen molar-refractivity contribution < 1.29 is 4.74 Å². The Labute approximate surface area is 127 Å². The Morgan fingerprint density at radius 3 is 2.90 bits per heavy atom.